The number of hydrogen-bond acceptors (Lipinski definition) is 5. The summed E-state index contributed by atoms with van der Waals surface area (Å²) in [7, 11) is -7.24. The maximum Gasteiger partial charge on any atom is 0.251 e. The van der Waals surface area contributed by atoms with Crippen LogP contribution in [0.5, 0.6) is 0 Å². The van der Waals surface area contributed by atoms with Gasteiger partial charge in [0.25, 0.3) is 5.91 Å². The number of hydrogen-bond donors (Lipinski definition) is 2. The fraction of sp³-hybridized carbons (Fsp3) is 0.208. The second-order valence-electron chi connectivity index (χ2n) is 7.53. The molecule has 0 atom stereocenters. The normalized spacial score (nSPS) is 11.8. The summed E-state index contributed by atoms with van der Waals surface area (Å²) in [5.74, 6) is -0.557. The molecule has 0 aliphatic heterocycles. The van der Waals surface area contributed by atoms with E-state index in [1.165, 1.54) is 24.3 Å². The highest BCUT2D eigenvalue weighted by Crippen LogP contribution is 2.17. The molecule has 3 rings (SSSR count). The van der Waals surface area contributed by atoms with E-state index in [2.05, 4.69) is 10.0 Å². The third kappa shape index (κ3) is 6.74. The van der Waals surface area contributed by atoms with Gasteiger partial charge in [-0.3, -0.25) is 4.79 Å². The molecule has 0 saturated carbocycles. The Morgan fingerprint density at radius 3 is 2.12 bits per heavy atom. The lowest BCUT2D eigenvalue weighted by Crippen LogP contribution is -2.28. The largest absolute Gasteiger partial charge is 0.352 e. The van der Waals surface area contributed by atoms with E-state index in [0.29, 0.717) is 5.56 Å². The molecule has 3 aromatic rings. The average molecular weight is 487 g/mol. The SMILES string of the molecule is Cc1ccc(S(=O)(=O)NCc2ccccc2)cc1C(=O)NCCCS(=O)(=O)c1ccccc1. The molecule has 0 spiro atoms. The smallest absolute Gasteiger partial charge is 0.251 e. The van der Waals surface area contributed by atoms with Crippen LogP contribution < -0.4 is 10.0 Å². The predicted octanol–water partition coefficient (Wildman–Crippen LogP) is 3.07. The Hall–Kier alpha value is -3.01. The Labute approximate surface area is 194 Å². The minimum Gasteiger partial charge on any atom is -0.352 e. The van der Waals surface area contributed by atoms with Crippen molar-refractivity contribution in [2.24, 2.45) is 0 Å². The van der Waals surface area contributed by atoms with E-state index in [1.54, 1.807) is 31.2 Å². The van der Waals surface area contributed by atoms with Crippen molar-refractivity contribution in [1.82, 2.24) is 10.0 Å². The number of benzene rings is 3. The van der Waals surface area contributed by atoms with E-state index < -0.39 is 25.8 Å². The van der Waals surface area contributed by atoms with Crippen LogP contribution in [-0.2, 0) is 26.4 Å². The summed E-state index contributed by atoms with van der Waals surface area (Å²) < 4.78 is 52.6. The molecule has 0 radical (unpaired) electrons. The van der Waals surface area contributed by atoms with Crippen molar-refractivity contribution < 1.29 is 21.6 Å². The second kappa shape index (κ2) is 10.7. The molecule has 174 valence electrons. The van der Waals surface area contributed by atoms with Gasteiger partial charge in [-0.25, -0.2) is 21.6 Å². The summed E-state index contributed by atoms with van der Waals surface area (Å²) in [6.07, 6.45) is 0.235. The summed E-state index contributed by atoms with van der Waals surface area (Å²) in [5, 5.41) is 2.68. The van der Waals surface area contributed by atoms with Gasteiger partial charge < -0.3 is 5.32 Å². The Balaban J connectivity index is 1.61. The molecule has 0 aromatic heterocycles. The van der Waals surface area contributed by atoms with Gasteiger partial charge in [-0.1, -0.05) is 54.6 Å². The summed E-state index contributed by atoms with van der Waals surface area (Å²) in [4.78, 5) is 12.9. The van der Waals surface area contributed by atoms with Gasteiger partial charge >= 0.3 is 0 Å². The van der Waals surface area contributed by atoms with Crippen LogP contribution in [0.2, 0.25) is 0 Å². The maximum atomic E-state index is 12.7. The van der Waals surface area contributed by atoms with Crippen LogP contribution in [0, 0.1) is 6.92 Å². The molecule has 0 heterocycles. The Morgan fingerprint density at radius 1 is 0.818 bits per heavy atom. The van der Waals surface area contributed by atoms with Crippen molar-refractivity contribution in [3.05, 3.63) is 95.6 Å². The van der Waals surface area contributed by atoms with Gasteiger partial charge in [0.15, 0.2) is 9.84 Å². The molecule has 33 heavy (non-hydrogen) atoms. The van der Waals surface area contributed by atoms with E-state index in [-0.39, 0.29) is 40.6 Å². The standard InChI is InChI=1S/C24H26N2O5S2/c1-19-13-14-22(33(30,31)26-18-20-9-4-2-5-10-20)17-23(19)24(27)25-15-8-16-32(28,29)21-11-6-3-7-12-21/h2-7,9-14,17,26H,8,15-16,18H2,1H3,(H,25,27). The van der Waals surface area contributed by atoms with Crippen molar-refractivity contribution in [2.75, 3.05) is 12.3 Å². The number of amides is 1. The fourth-order valence-electron chi connectivity index (χ4n) is 3.18. The van der Waals surface area contributed by atoms with Crippen molar-refractivity contribution in [3.8, 4) is 0 Å². The minimum absolute atomic E-state index is 0.0131. The summed E-state index contributed by atoms with van der Waals surface area (Å²) in [6, 6.07) is 21.6. The van der Waals surface area contributed by atoms with Crippen molar-refractivity contribution in [1.29, 1.82) is 0 Å². The first-order chi connectivity index (χ1) is 15.7. The molecule has 9 heteroatoms. The molecule has 7 nitrogen and oxygen atoms in total. The third-order valence-corrected chi connectivity index (χ3v) is 8.27. The lowest BCUT2D eigenvalue weighted by molar-refractivity contribution is 0.0953. The molecule has 0 bridgehead atoms. The van der Waals surface area contributed by atoms with E-state index in [9.17, 15) is 21.6 Å². The molecular weight excluding hydrogens is 460 g/mol. The highest BCUT2D eigenvalue weighted by atomic mass is 32.2. The zero-order valence-corrected chi connectivity index (χ0v) is 19.8. The van der Waals surface area contributed by atoms with Crippen LogP contribution in [0.25, 0.3) is 0 Å². The van der Waals surface area contributed by atoms with E-state index in [4.69, 9.17) is 0 Å². The molecule has 0 aliphatic rings. The first-order valence-corrected chi connectivity index (χ1v) is 13.5. The fourth-order valence-corrected chi connectivity index (χ4v) is 5.55. The van der Waals surface area contributed by atoms with Gasteiger partial charge in [0, 0.05) is 18.7 Å². The molecule has 0 saturated heterocycles. The molecule has 2 N–H and O–H groups in total. The van der Waals surface area contributed by atoms with Gasteiger partial charge in [0.1, 0.15) is 0 Å². The number of carbonyl (C=O) groups excluding carboxylic acids is 1. The second-order valence-corrected chi connectivity index (χ2v) is 11.4. The Morgan fingerprint density at radius 2 is 1.45 bits per heavy atom. The van der Waals surface area contributed by atoms with Crippen LogP contribution in [0.4, 0.5) is 0 Å². The summed E-state index contributed by atoms with van der Waals surface area (Å²) >= 11 is 0. The number of aryl methyl sites for hydroxylation is 1. The zero-order chi connectivity index (χ0) is 23.9. The van der Waals surface area contributed by atoms with Crippen LogP contribution in [-0.4, -0.2) is 35.0 Å². The van der Waals surface area contributed by atoms with Crippen molar-refractivity contribution in [2.45, 2.75) is 29.7 Å². The van der Waals surface area contributed by atoms with Gasteiger partial charge in [-0.15, -0.1) is 0 Å². The first-order valence-electron chi connectivity index (χ1n) is 10.4. The van der Waals surface area contributed by atoms with Crippen LogP contribution in [0.3, 0.4) is 0 Å². The summed E-state index contributed by atoms with van der Waals surface area (Å²) in [5.41, 5.74) is 1.66. The number of rotatable bonds is 10. The van der Waals surface area contributed by atoms with Crippen LogP contribution in [0.1, 0.15) is 27.9 Å². The predicted molar refractivity (Wildman–Crippen MR) is 127 cm³/mol. The van der Waals surface area contributed by atoms with Crippen molar-refractivity contribution in [3.63, 3.8) is 0 Å². The zero-order valence-electron chi connectivity index (χ0n) is 18.2. The molecule has 1 amide bonds. The van der Waals surface area contributed by atoms with Crippen LogP contribution in [0.15, 0.2) is 88.7 Å². The molecule has 0 unspecified atom stereocenters. The Kier molecular flexibility index (Phi) is 8.01. The molecule has 0 aliphatic carbocycles. The monoisotopic (exact) mass is 486 g/mol. The van der Waals surface area contributed by atoms with E-state index >= 15 is 0 Å². The van der Waals surface area contributed by atoms with Gasteiger partial charge in [-0.2, -0.15) is 0 Å². The summed E-state index contributed by atoms with van der Waals surface area (Å²) in [6.45, 7) is 1.99. The van der Waals surface area contributed by atoms with Gasteiger partial charge in [-0.05, 0) is 48.7 Å². The number of sulfone groups is 1. The molecule has 3 aromatic carbocycles. The minimum atomic E-state index is -3.82. The highest BCUT2D eigenvalue weighted by molar-refractivity contribution is 7.91. The first kappa shape index (κ1) is 24.6. The third-order valence-electron chi connectivity index (χ3n) is 5.05. The quantitative estimate of drug-likeness (QED) is 0.428. The lowest BCUT2D eigenvalue weighted by Gasteiger charge is -2.11. The topological polar surface area (TPSA) is 109 Å². The van der Waals surface area contributed by atoms with Crippen molar-refractivity contribution >= 4 is 25.8 Å². The highest BCUT2D eigenvalue weighted by Gasteiger charge is 2.18. The molecular formula is C24H26N2O5S2. The van der Waals surface area contributed by atoms with Gasteiger partial charge in [0.05, 0.1) is 15.5 Å². The van der Waals surface area contributed by atoms with Gasteiger partial charge in [0.2, 0.25) is 10.0 Å². The lowest BCUT2D eigenvalue weighted by atomic mass is 10.1. The number of carbonyl (C=O) groups is 1. The molecule has 0 fully saturated rings. The average Bonchev–Trinajstić information content (AvgIpc) is 2.82. The number of sulfonamides is 1. The number of nitrogens with one attached hydrogen (secondary N) is 2. The van der Waals surface area contributed by atoms with E-state index in [0.717, 1.165) is 5.56 Å². The van der Waals surface area contributed by atoms with E-state index in [1.807, 2.05) is 30.3 Å². The van der Waals surface area contributed by atoms with Crippen LogP contribution >= 0.6 is 0 Å². The Bertz CT molecular complexity index is 1310. The maximum absolute atomic E-state index is 12.7.